The number of nitrogens with zero attached hydrogens (tertiary/aromatic N) is 3. The van der Waals surface area contributed by atoms with Crippen molar-refractivity contribution in [2.24, 2.45) is 5.73 Å². The lowest BCUT2D eigenvalue weighted by Gasteiger charge is -2.16. The lowest BCUT2D eigenvalue weighted by Crippen LogP contribution is -2.15. The Morgan fingerprint density at radius 1 is 1.12 bits per heavy atom. The molecule has 0 bridgehead atoms. The summed E-state index contributed by atoms with van der Waals surface area (Å²) < 4.78 is 3.80. The Morgan fingerprint density at radius 3 is 2.67 bits per heavy atom. The van der Waals surface area contributed by atoms with Gasteiger partial charge in [-0.15, -0.1) is 0 Å². The van der Waals surface area contributed by atoms with Gasteiger partial charge >= 0.3 is 0 Å². The molecule has 0 fully saturated rings. The predicted octanol–water partition coefficient (Wildman–Crippen LogP) is 3.13. The Hall–Kier alpha value is -3.91. The normalized spacial score (nSPS) is 12.0. The minimum absolute atomic E-state index is 0.0259. The van der Waals surface area contributed by atoms with Gasteiger partial charge in [-0.1, -0.05) is 36.4 Å². The van der Waals surface area contributed by atoms with Crippen LogP contribution in [0.3, 0.4) is 0 Å². The number of hydrogen-bond acceptors (Lipinski definition) is 4. The minimum Gasteiger partial charge on any atom is -0.394 e. The fourth-order valence-electron chi connectivity index (χ4n) is 3.87. The molecule has 2 heterocycles. The van der Waals surface area contributed by atoms with Gasteiger partial charge in [-0.25, -0.2) is 4.98 Å². The molecular formula is C25H27N5O3. The first-order chi connectivity index (χ1) is 16.0. The largest absolute Gasteiger partial charge is 0.394 e. The number of benzene rings is 2. The zero-order valence-corrected chi connectivity index (χ0v) is 18.2. The summed E-state index contributed by atoms with van der Waals surface area (Å²) >= 11 is 0. The Bertz CT molecular complexity index is 1250. The van der Waals surface area contributed by atoms with Crippen LogP contribution in [0.1, 0.15) is 34.9 Å². The predicted molar refractivity (Wildman–Crippen MR) is 127 cm³/mol. The molecule has 8 nitrogen and oxygen atoms in total. The molecule has 8 heteroatoms. The van der Waals surface area contributed by atoms with Crippen molar-refractivity contribution < 1.29 is 14.7 Å². The molecule has 1 atom stereocenters. The molecule has 0 aliphatic rings. The number of carbonyl (C=O) groups is 2. The quantitative estimate of drug-likeness (QED) is 0.348. The highest BCUT2D eigenvalue weighted by Gasteiger charge is 2.14. The number of fused-ring (bicyclic) bond motifs is 1. The van der Waals surface area contributed by atoms with Gasteiger partial charge in [0, 0.05) is 31.0 Å². The van der Waals surface area contributed by atoms with Gasteiger partial charge in [-0.2, -0.15) is 0 Å². The third-order valence-electron chi connectivity index (χ3n) is 5.73. The van der Waals surface area contributed by atoms with Crippen molar-refractivity contribution >= 4 is 28.4 Å². The third kappa shape index (κ3) is 5.48. The van der Waals surface area contributed by atoms with Crippen molar-refractivity contribution in [2.75, 3.05) is 11.9 Å². The van der Waals surface area contributed by atoms with Gasteiger partial charge in [0.2, 0.25) is 5.91 Å². The monoisotopic (exact) mass is 445 g/mol. The summed E-state index contributed by atoms with van der Waals surface area (Å²) in [5.74, 6) is -0.623. The minimum atomic E-state index is -0.597. The maximum atomic E-state index is 12.4. The number of nitrogens with one attached hydrogen (secondary N) is 1. The summed E-state index contributed by atoms with van der Waals surface area (Å²) in [4.78, 5) is 27.7. The van der Waals surface area contributed by atoms with Crippen LogP contribution < -0.4 is 11.1 Å². The number of anilines is 1. The smallest absolute Gasteiger partial charge is 0.268 e. The van der Waals surface area contributed by atoms with Crippen LogP contribution in [-0.4, -0.2) is 37.6 Å². The average Bonchev–Trinajstić information content (AvgIpc) is 3.47. The molecule has 2 aromatic heterocycles. The first-order valence-electron chi connectivity index (χ1n) is 10.9. The molecule has 4 aromatic rings. The fraction of sp³-hybridized carbons (Fsp3) is 0.240. The van der Waals surface area contributed by atoms with Gasteiger partial charge in [0.1, 0.15) is 5.69 Å². The molecule has 0 saturated heterocycles. The molecule has 4 N–H and O–H groups in total. The van der Waals surface area contributed by atoms with Crippen LogP contribution in [0.5, 0.6) is 0 Å². The number of hydrogen-bond donors (Lipinski definition) is 3. The van der Waals surface area contributed by atoms with E-state index in [0.717, 1.165) is 22.2 Å². The Kier molecular flexibility index (Phi) is 6.85. The molecule has 0 radical (unpaired) electrons. The Labute approximate surface area is 191 Å². The van der Waals surface area contributed by atoms with Crippen molar-refractivity contribution in [3.63, 3.8) is 0 Å². The second kappa shape index (κ2) is 10.1. The van der Waals surface area contributed by atoms with E-state index in [-0.39, 0.29) is 24.2 Å². The summed E-state index contributed by atoms with van der Waals surface area (Å²) in [7, 11) is 0. The number of carbonyl (C=O) groups excluding carboxylic acids is 2. The summed E-state index contributed by atoms with van der Waals surface area (Å²) in [6.45, 7) is 0.556. The fourth-order valence-corrected chi connectivity index (χ4v) is 3.87. The Balaban J connectivity index is 1.40. The van der Waals surface area contributed by atoms with Crippen LogP contribution in [0.25, 0.3) is 10.9 Å². The maximum absolute atomic E-state index is 12.4. The SMILES string of the molecule is NC(=O)c1cn([C@H](CO)CCn2ccc3ccc(NC(=O)CCc4ccccc4)cc32)cn1. The summed E-state index contributed by atoms with van der Waals surface area (Å²) in [6.07, 6.45) is 6.79. The second-order valence-corrected chi connectivity index (χ2v) is 8.01. The number of amides is 2. The molecule has 0 unspecified atom stereocenters. The molecule has 4 rings (SSSR count). The average molecular weight is 446 g/mol. The number of imidazole rings is 1. The van der Waals surface area contributed by atoms with E-state index in [4.69, 9.17) is 5.73 Å². The van der Waals surface area contributed by atoms with Crippen molar-refractivity contribution in [1.82, 2.24) is 14.1 Å². The number of aromatic nitrogens is 3. The van der Waals surface area contributed by atoms with Crippen LogP contribution in [-0.2, 0) is 17.8 Å². The first-order valence-corrected chi connectivity index (χ1v) is 10.9. The topological polar surface area (TPSA) is 115 Å². The molecule has 2 amide bonds. The lowest BCUT2D eigenvalue weighted by atomic mass is 10.1. The summed E-state index contributed by atoms with van der Waals surface area (Å²) in [5.41, 5.74) is 8.32. The number of aryl methyl sites for hydroxylation is 2. The van der Waals surface area contributed by atoms with E-state index in [1.165, 1.54) is 6.33 Å². The van der Waals surface area contributed by atoms with Gasteiger partial charge in [0.25, 0.3) is 5.91 Å². The third-order valence-corrected chi connectivity index (χ3v) is 5.73. The Morgan fingerprint density at radius 2 is 1.94 bits per heavy atom. The van der Waals surface area contributed by atoms with Crippen LogP contribution >= 0.6 is 0 Å². The van der Waals surface area contributed by atoms with E-state index in [1.54, 1.807) is 10.8 Å². The standard InChI is InChI=1S/C25H27N5O3/c26-25(33)22-15-30(17-27-22)21(16-31)11-13-29-12-10-19-7-8-20(14-23(19)29)28-24(32)9-6-18-4-2-1-3-5-18/h1-5,7-8,10,12,14-15,17,21,31H,6,9,11,13,16H2,(H2,26,33)(H,28,32)/t21-/m0/s1. The van der Waals surface area contributed by atoms with Gasteiger partial charge in [-0.05, 0) is 42.0 Å². The van der Waals surface area contributed by atoms with E-state index >= 15 is 0 Å². The van der Waals surface area contributed by atoms with Crippen LogP contribution in [0.2, 0.25) is 0 Å². The van der Waals surface area contributed by atoms with Crippen molar-refractivity contribution in [2.45, 2.75) is 31.8 Å². The molecule has 170 valence electrons. The van der Waals surface area contributed by atoms with Gasteiger partial charge < -0.3 is 25.3 Å². The molecule has 0 aliphatic carbocycles. The second-order valence-electron chi connectivity index (χ2n) is 8.01. The number of aliphatic hydroxyl groups is 1. The van der Waals surface area contributed by atoms with Crippen molar-refractivity contribution in [3.8, 4) is 0 Å². The summed E-state index contributed by atoms with van der Waals surface area (Å²) in [6, 6.07) is 17.6. The number of primary amides is 1. The molecule has 0 saturated carbocycles. The highest BCUT2D eigenvalue weighted by Crippen LogP contribution is 2.23. The van der Waals surface area contributed by atoms with Crippen LogP contribution in [0, 0.1) is 0 Å². The highest BCUT2D eigenvalue weighted by molar-refractivity contribution is 5.94. The van der Waals surface area contributed by atoms with Gasteiger partial charge in [0.05, 0.1) is 24.5 Å². The van der Waals surface area contributed by atoms with Crippen LogP contribution in [0.15, 0.2) is 73.3 Å². The van der Waals surface area contributed by atoms with E-state index in [1.807, 2.05) is 60.8 Å². The van der Waals surface area contributed by atoms with E-state index in [9.17, 15) is 14.7 Å². The molecule has 0 spiro atoms. The molecule has 0 aliphatic heterocycles. The van der Waals surface area contributed by atoms with E-state index in [2.05, 4.69) is 14.9 Å². The zero-order valence-electron chi connectivity index (χ0n) is 18.2. The van der Waals surface area contributed by atoms with Crippen LogP contribution in [0.4, 0.5) is 5.69 Å². The molecule has 33 heavy (non-hydrogen) atoms. The summed E-state index contributed by atoms with van der Waals surface area (Å²) in [5, 5.41) is 13.9. The van der Waals surface area contributed by atoms with Crippen molar-refractivity contribution in [1.29, 1.82) is 0 Å². The first kappa shape index (κ1) is 22.3. The van der Waals surface area contributed by atoms with Gasteiger partial charge in [0.15, 0.2) is 0 Å². The van der Waals surface area contributed by atoms with E-state index < -0.39 is 5.91 Å². The maximum Gasteiger partial charge on any atom is 0.268 e. The molecule has 2 aromatic carbocycles. The van der Waals surface area contributed by atoms with Crippen molar-refractivity contribution in [3.05, 3.63) is 84.6 Å². The van der Waals surface area contributed by atoms with E-state index in [0.29, 0.717) is 25.8 Å². The zero-order chi connectivity index (χ0) is 23.2. The number of aliphatic hydroxyl groups excluding tert-OH is 1. The highest BCUT2D eigenvalue weighted by atomic mass is 16.3. The number of rotatable bonds is 10. The lowest BCUT2D eigenvalue weighted by molar-refractivity contribution is -0.116. The molecular weight excluding hydrogens is 418 g/mol. The number of nitrogens with two attached hydrogens (primary N) is 1. The van der Waals surface area contributed by atoms with Gasteiger partial charge in [-0.3, -0.25) is 9.59 Å².